The molecule has 0 aliphatic rings. The van der Waals surface area contributed by atoms with Crippen molar-refractivity contribution in [2.45, 2.75) is 26.3 Å². The van der Waals surface area contributed by atoms with Crippen LogP contribution in [0.2, 0.25) is 0 Å². The molecule has 1 aromatic heterocycles. The lowest BCUT2D eigenvalue weighted by molar-refractivity contribution is 0.0594. The third-order valence-corrected chi connectivity index (χ3v) is 1.91. The van der Waals surface area contributed by atoms with Crippen molar-refractivity contribution in [1.82, 2.24) is 9.78 Å². The topological polar surface area (TPSA) is 70.1 Å². The van der Waals surface area contributed by atoms with Crippen LogP contribution in [0.25, 0.3) is 0 Å². The lowest BCUT2D eigenvalue weighted by Gasteiger charge is -1.97. The minimum Gasteiger partial charge on any atom is -0.464 e. The molecule has 2 N–H and O–H groups in total. The second-order valence-electron chi connectivity index (χ2n) is 3.04. The Morgan fingerprint density at radius 2 is 2.43 bits per heavy atom. The minimum absolute atomic E-state index is 0.198. The molecule has 0 radical (unpaired) electrons. The second-order valence-corrected chi connectivity index (χ2v) is 3.04. The number of anilines is 1. The van der Waals surface area contributed by atoms with Gasteiger partial charge in [0.05, 0.1) is 12.8 Å². The zero-order valence-electron chi connectivity index (χ0n) is 8.49. The van der Waals surface area contributed by atoms with Crippen molar-refractivity contribution in [1.29, 1.82) is 0 Å². The Balaban J connectivity index is 2.77. The summed E-state index contributed by atoms with van der Waals surface area (Å²) in [5, 5.41) is 4.04. The van der Waals surface area contributed by atoms with Crippen LogP contribution >= 0.6 is 0 Å². The number of aryl methyl sites for hydroxylation is 1. The number of hydrogen-bond acceptors (Lipinski definition) is 4. The monoisotopic (exact) mass is 197 g/mol. The smallest absolute Gasteiger partial charge is 0.360 e. The molecule has 0 saturated carbocycles. The molecule has 1 rings (SSSR count). The average Bonchev–Trinajstić information content (AvgIpc) is 2.55. The molecule has 1 aromatic rings. The van der Waals surface area contributed by atoms with E-state index in [0.717, 1.165) is 19.4 Å². The first-order valence-electron chi connectivity index (χ1n) is 4.60. The maximum Gasteiger partial charge on any atom is 0.360 e. The van der Waals surface area contributed by atoms with Gasteiger partial charge in [0.25, 0.3) is 0 Å². The molecule has 14 heavy (non-hydrogen) atoms. The number of ether oxygens (including phenoxy) is 1. The van der Waals surface area contributed by atoms with Gasteiger partial charge in [-0.25, -0.2) is 4.79 Å². The highest BCUT2D eigenvalue weighted by molar-refractivity contribution is 5.92. The van der Waals surface area contributed by atoms with Gasteiger partial charge in [0.2, 0.25) is 0 Å². The van der Waals surface area contributed by atoms with Gasteiger partial charge >= 0.3 is 5.97 Å². The predicted molar refractivity (Wildman–Crippen MR) is 52.9 cm³/mol. The van der Waals surface area contributed by atoms with Gasteiger partial charge < -0.3 is 10.5 Å². The van der Waals surface area contributed by atoms with Gasteiger partial charge in [-0.05, 0) is 6.42 Å². The van der Waals surface area contributed by atoms with Crippen LogP contribution in [0, 0.1) is 0 Å². The molecule has 1 heterocycles. The summed E-state index contributed by atoms with van der Waals surface area (Å²) in [6, 6.07) is 0. The molecule has 0 unspecified atom stereocenters. The maximum atomic E-state index is 11.1. The number of methoxy groups -OCH3 is 1. The Bertz CT molecular complexity index is 320. The largest absolute Gasteiger partial charge is 0.464 e. The summed E-state index contributed by atoms with van der Waals surface area (Å²) in [5.74, 6) is -0.488. The molecule has 5 heteroatoms. The van der Waals surface area contributed by atoms with E-state index in [1.807, 2.05) is 0 Å². The van der Waals surface area contributed by atoms with Gasteiger partial charge in [-0.2, -0.15) is 5.10 Å². The summed E-state index contributed by atoms with van der Waals surface area (Å²) in [6.07, 6.45) is 3.75. The summed E-state index contributed by atoms with van der Waals surface area (Å²) in [6.45, 7) is 2.87. The highest BCUT2D eigenvalue weighted by Crippen LogP contribution is 2.10. The van der Waals surface area contributed by atoms with Gasteiger partial charge in [0, 0.05) is 12.7 Å². The SMILES string of the molecule is CCCCn1cc(N)c(C(=O)OC)n1. The van der Waals surface area contributed by atoms with E-state index in [1.165, 1.54) is 7.11 Å². The van der Waals surface area contributed by atoms with Gasteiger partial charge in [0.1, 0.15) is 0 Å². The van der Waals surface area contributed by atoms with E-state index in [4.69, 9.17) is 5.73 Å². The first-order chi connectivity index (χ1) is 6.69. The molecular formula is C9H15N3O2. The van der Waals surface area contributed by atoms with Crippen LogP contribution in [0.5, 0.6) is 0 Å². The second kappa shape index (κ2) is 4.64. The summed E-state index contributed by atoms with van der Waals surface area (Å²) >= 11 is 0. The first-order valence-corrected chi connectivity index (χ1v) is 4.60. The van der Waals surface area contributed by atoms with Crippen molar-refractivity contribution >= 4 is 11.7 Å². The number of unbranched alkanes of at least 4 members (excludes halogenated alkanes) is 1. The highest BCUT2D eigenvalue weighted by atomic mass is 16.5. The first kappa shape index (κ1) is 10.6. The van der Waals surface area contributed by atoms with E-state index in [2.05, 4.69) is 16.8 Å². The van der Waals surface area contributed by atoms with Crippen LogP contribution in [0.4, 0.5) is 5.69 Å². The predicted octanol–water partition coefficient (Wildman–Crippen LogP) is 1.05. The fourth-order valence-corrected chi connectivity index (χ4v) is 1.13. The molecular weight excluding hydrogens is 182 g/mol. The van der Waals surface area contributed by atoms with Crippen molar-refractivity contribution in [2.75, 3.05) is 12.8 Å². The van der Waals surface area contributed by atoms with E-state index in [0.29, 0.717) is 5.69 Å². The molecule has 0 spiro atoms. The van der Waals surface area contributed by atoms with Gasteiger partial charge in [-0.3, -0.25) is 4.68 Å². The van der Waals surface area contributed by atoms with Crippen molar-refractivity contribution < 1.29 is 9.53 Å². The molecule has 0 atom stereocenters. The number of nitrogens with two attached hydrogens (primary N) is 1. The van der Waals surface area contributed by atoms with E-state index < -0.39 is 5.97 Å². The van der Waals surface area contributed by atoms with E-state index in [-0.39, 0.29) is 5.69 Å². The van der Waals surface area contributed by atoms with Crippen LogP contribution in [-0.2, 0) is 11.3 Å². The van der Waals surface area contributed by atoms with E-state index in [1.54, 1.807) is 10.9 Å². The Kier molecular flexibility index (Phi) is 3.50. The molecule has 0 aliphatic carbocycles. The third kappa shape index (κ3) is 2.25. The number of carbonyl (C=O) groups is 1. The molecule has 0 fully saturated rings. The molecule has 78 valence electrons. The quantitative estimate of drug-likeness (QED) is 0.732. The Labute approximate surface area is 82.8 Å². The molecule has 0 aromatic carbocycles. The van der Waals surface area contributed by atoms with Gasteiger partial charge in [-0.15, -0.1) is 0 Å². The number of nitrogen functional groups attached to an aromatic ring is 1. The fourth-order valence-electron chi connectivity index (χ4n) is 1.13. The Morgan fingerprint density at radius 1 is 1.71 bits per heavy atom. The van der Waals surface area contributed by atoms with Crippen LogP contribution in [-0.4, -0.2) is 22.9 Å². The molecule has 0 amide bonds. The number of rotatable bonds is 4. The van der Waals surface area contributed by atoms with Crippen molar-refractivity contribution in [2.24, 2.45) is 0 Å². The number of esters is 1. The average molecular weight is 197 g/mol. The van der Waals surface area contributed by atoms with Crippen LogP contribution in [0.3, 0.4) is 0 Å². The lowest BCUT2D eigenvalue weighted by atomic mass is 10.3. The maximum absolute atomic E-state index is 11.1. The number of hydrogen-bond donors (Lipinski definition) is 1. The Hall–Kier alpha value is -1.52. The van der Waals surface area contributed by atoms with Crippen molar-refractivity contribution in [3.8, 4) is 0 Å². The van der Waals surface area contributed by atoms with Crippen LogP contribution in [0.1, 0.15) is 30.3 Å². The third-order valence-electron chi connectivity index (χ3n) is 1.91. The molecule has 0 aliphatic heterocycles. The minimum atomic E-state index is -0.488. The summed E-state index contributed by atoms with van der Waals surface area (Å²) in [4.78, 5) is 11.1. The number of nitrogens with zero attached hydrogens (tertiary/aromatic N) is 2. The van der Waals surface area contributed by atoms with Crippen LogP contribution < -0.4 is 5.73 Å². The van der Waals surface area contributed by atoms with Gasteiger partial charge in [-0.1, -0.05) is 13.3 Å². The number of carbonyl (C=O) groups excluding carboxylic acids is 1. The van der Waals surface area contributed by atoms with Gasteiger partial charge in [0.15, 0.2) is 5.69 Å². The highest BCUT2D eigenvalue weighted by Gasteiger charge is 2.14. The summed E-state index contributed by atoms with van der Waals surface area (Å²) in [5.41, 5.74) is 6.17. The standard InChI is InChI=1S/C9H15N3O2/c1-3-4-5-12-6-7(10)8(11-12)9(13)14-2/h6H,3-5,10H2,1-2H3. The van der Waals surface area contributed by atoms with Crippen molar-refractivity contribution in [3.63, 3.8) is 0 Å². The summed E-state index contributed by atoms with van der Waals surface area (Å²) < 4.78 is 6.21. The molecule has 0 bridgehead atoms. The zero-order chi connectivity index (χ0) is 10.6. The Morgan fingerprint density at radius 3 is 3.00 bits per heavy atom. The lowest BCUT2D eigenvalue weighted by Crippen LogP contribution is -2.06. The molecule has 0 saturated heterocycles. The van der Waals surface area contributed by atoms with Crippen LogP contribution in [0.15, 0.2) is 6.20 Å². The van der Waals surface area contributed by atoms with E-state index in [9.17, 15) is 4.79 Å². The fraction of sp³-hybridized carbons (Fsp3) is 0.556. The number of aromatic nitrogens is 2. The zero-order valence-corrected chi connectivity index (χ0v) is 8.49. The normalized spacial score (nSPS) is 10.1. The molecule has 5 nitrogen and oxygen atoms in total. The van der Waals surface area contributed by atoms with Crippen molar-refractivity contribution in [3.05, 3.63) is 11.9 Å². The van der Waals surface area contributed by atoms with E-state index >= 15 is 0 Å². The summed E-state index contributed by atoms with van der Waals surface area (Å²) in [7, 11) is 1.31.